The summed E-state index contributed by atoms with van der Waals surface area (Å²) in [6.45, 7) is 9.30. The van der Waals surface area contributed by atoms with Crippen molar-refractivity contribution in [3.63, 3.8) is 0 Å². The maximum Gasteiger partial charge on any atom is 0.196 e. The van der Waals surface area contributed by atoms with E-state index < -0.39 is 0 Å². The zero-order valence-corrected chi connectivity index (χ0v) is 19.3. The highest BCUT2D eigenvalue weighted by Crippen LogP contribution is 2.18. The van der Waals surface area contributed by atoms with Crippen molar-refractivity contribution in [2.75, 3.05) is 58.5 Å². The van der Waals surface area contributed by atoms with E-state index in [1.165, 1.54) is 11.1 Å². The molecule has 1 fully saturated rings. The van der Waals surface area contributed by atoms with E-state index in [9.17, 15) is 0 Å². The van der Waals surface area contributed by atoms with E-state index in [0.29, 0.717) is 19.8 Å². The number of morpholine rings is 1. The lowest BCUT2D eigenvalue weighted by Crippen LogP contribution is -2.35. The Bertz CT molecular complexity index is 837. The maximum atomic E-state index is 5.81. The predicted octanol–water partition coefficient (Wildman–Crippen LogP) is 3.51. The van der Waals surface area contributed by atoms with Crippen LogP contribution in [0.4, 0.5) is 5.69 Å². The van der Waals surface area contributed by atoms with Crippen molar-refractivity contribution >= 4 is 11.6 Å². The third kappa shape index (κ3) is 8.15. The van der Waals surface area contributed by atoms with Crippen molar-refractivity contribution < 1.29 is 14.2 Å². The molecule has 1 saturated heterocycles. The van der Waals surface area contributed by atoms with Crippen molar-refractivity contribution in [3.05, 3.63) is 59.7 Å². The Kier molecular flexibility index (Phi) is 10.3. The summed E-state index contributed by atoms with van der Waals surface area (Å²) in [6.07, 6.45) is 0.863. The Balaban J connectivity index is 1.63. The van der Waals surface area contributed by atoms with E-state index in [-0.39, 0.29) is 0 Å². The number of nitrogens with one attached hydrogen (secondary N) is 2. The van der Waals surface area contributed by atoms with Crippen molar-refractivity contribution in [3.8, 4) is 5.75 Å². The molecule has 1 aliphatic rings. The van der Waals surface area contributed by atoms with E-state index in [2.05, 4.69) is 46.7 Å². The molecule has 0 unspecified atom stereocenters. The van der Waals surface area contributed by atoms with Gasteiger partial charge < -0.3 is 24.8 Å². The molecular formula is C25H36N4O3. The van der Waals surface area contributed by atoms with Crippen molar-refractivity contribution in [2.24, 2.45) is 4.99 Å². The molecule has 2 aromatic rings. The van der Waals surface area contributed by atoms with Gasteiger partial charge in [-0.25, -0.2) is 4.99 Å². The molecule has 7 nitrogen and oxygen atoms in total. The first-order valence-corrected chi connectivity index (χ1v) is 11.4. The predicted molar refractivity (Wildman–Crippen MR) is 129 cm³/mol. The van der Waals surface area contributed by atoms with Crippen LogP contribution in [0.2, 0.25) is 0 Å². The van der Waals surface area contributed by atoms with Crippen LogP contribution in [0.15, 0.2) is 53.5 Å². The summed E-state index contributed by atoms with van der Waals surface area (Å²) in [5.74, 6) is 1.59. The summed E-state index contributed by atoms with van der Waals surface area (Å²) in [6, 6.07) is 16.5. The van der Waals surface area contributed by atoms with Gasteiger partial charge in [0.1, 0.15) is 5.75 Å². The number of anilines is 1. The van der Waals surface area contributed by atoms with Crippen LogP contribution in [-0.2, 0) is 22.6 Å². The van der Waals surface area contributed by atoms with E-state index in [1.807, 2.05) is 24.3 Å². The molecule has 0 aliphatic carbocycles. The van der Waals surface area contributed by atoms with Crippen molar-refractivity contribution in [1.82, 2.24) is 10.2 Å². The minimum Gasteiger partial charge on any atom is -0.493 e. The highest BCUT2D eigenvalue weighted by Gasteiger charge is 2.12. The highest BCUT2D eigenvalue weighted by atomic mass is 16.5. The Morgan fingerprint density at radius 1 is 1.06 bits per heavy atom. The summed E-state index contributed by atoms with van der Waals surface area (Å²) in [5.41, 5.74) is 3.50. The molecule has 0 amide bonds. The van der Waals surface area contributed by atoms with Crippen LogP contribution in [0.5, 0.6) is 5.75 Å². The van der Waals surface area contributed by atoms with Gasteiger partial charge in [0, 0.05) is 58.1 Å². The Morgan fingerprint density at radius 2 is 1.88 bits per heavy atom. The standard InChI is InChI=1S/C25H36N4O3/c1-3-26-25(28-23-10-6-11-24(18-23)32-15-7-14-30-2)27-19-21-8-4-5-9-22(21)20-29-12-16-31-17-13-29/h4-6,8-11,18H,3,7,12-17,19-20H2,1-2H3,(H2,26,27,28). The number of guanidine groups is 1. The fourth-order valence-electron chi connectivity index (χ4n) is 3.53. The van der Waals surface area contributed by atoms with E-state index in [4.69, 9.17) is 19.2 Å². The van der Waals surface area contributed by atoms with Gasteiger partial charge in [-0.1, -0.05) is 30.3 Å². The maximum absolute atomic E-state index is 5.81. The highest BCUT2D eigenvalue weighted by molar-refractivity contribution is 5.93. The average molecular weight is 441 g/mol. The normalized spacial score (nSPS) is 14.9. The largest absolute Gasteiger partial charge is 0.493 e. The number of benzene rings is 2. The molecule has 0 aromatic heterocycles. The summed E-state index contributed by atoms with van der Waals surface area (Å²) in [5, 5.41) is 6.74. The quantitative estimate of drug-likeness (QED) is 0.317. The Hall–Kier alpha value is -2.61. The fraction of sp³-hybridized carbons (Fsp3) is 0.480. The lowest BCUT2D eigenvalue weighted by molar-refractivity contribution is 0.0341. The Labute approximate surface area is 191 Å². The molecule has 0 atom stereocenters. The molecule has 0 bridgehead atoms. The minimum atomic E-state index is 0.614. The van der Waals surface area contributed by atoms with Crippen LogP contribution >= 0.6 is 0 Å². The summed E-state index contributed by atoms with van der Waals surface area (Å²) in [7, 11) is 1.70. The third-order valence-electron chi connectivity index (χ3n) is 5.23. The van der Waals surface area contributed by atoms with Gasteiger partial charge in [-0.05, 0) is 30.2 Å². The zero-order valence-electron chi connectivity index (χ0n) is 19.3. The first kappa shape index (κ1) is 24.0. The summed E-state index contributed by atoms with van der Waals surface area (Å²) < 4.78 is 16.4. The number of hydrogen-bond acceptors (Lipinski definition) is 5. The second-order valence-corrected chi connectivity index (χ2v) is 7.70. The van der Waals surface area contributed by atoms with E-state index in [0.717, 1.165) is 63.2 Å². The number of hydrogen-bond donors (Lipinski definition) is 2. The topological polar surface area (TPSA) is 67.4 Å². The molecule has 2 aromatic carbocycles. The molecule has 7 heteroatoms. The number of methoxy groups -OCH3 is 1. The van der Waals surface area contributed by atoms with Crippen LogP contribution in [0.25, 0.3) is 0 Å². The number of nitrogens with zero attached hydrogens (tertiary/aromatic N) is 2. The molecule has 32 heavy (non-hydrogen) atoms. The monoisotopic (exact) mass is 440 g/mol. The first-order chi connectivity index (χ1) is 15.8. The van der Waals surface area contributed by atoms with Gasteiger partial charge in [-0.2, -0.15) is 0 Å². The molecule has 1 heterocycles. The van der Waals surface area contributed by atoms with Gasteiger partial charge in [0.25, 0.3) is 0 Å². The summed E-state index contributed by atoms with van der Waals surface area (Å²) >= 11 is 0. The van der Waals surface area contributed by atoms with E-state index in [1.54, 1.807) is 7.11 Å². The lowest BCUT2D eigenvalue weighted by Gasteiger charge is -2.27. The van der Waals surface area contributed by atoms with Gasteiger partial charge in [0.05, 0.1) is 26.4 Å². The molecule has 0 saturated carbocycles. The Morgan fingerprint density at radius 3 is 2.66 bits per heavy atom. The van der Waals surface area contributed by atoms with Crippen LogP contribution in [0.3, 0.4) is 0 Å². The number of aliphatic imine (C=N–C) groups is 1. The number of ether oxygens (including phenoxy) is 3. The molecular weight excluding hydrogens is 404 g/mol. The van der Waals surface area contributed by atoms with Gasteiger partial charge >= 0.3 is 0 Å². The van der Waals surface area contributed by atoms with Crippen LogP contribution < -0.4 is 15.4 Å². The first-order valence-electron chi connectivity index (χ1n) is 11.4. The molecule has 1 aliphatic heterocycles. The average Bonchev–Trinajstić information content (AvgIpc) is 2.82. The number of rotatable bonds is 11. The molecule has 174 valence electrons. The van der Waals surface area contributed by atoms with Gasteiger partial charge in [-0.15, -0.1) is 0 Å². The van der Waals surface area contributed by atoms with Crippen LogP contribution in [0, 0.1) is 0 Å². The second kappa shape index (κ2) is 13.7. The van der Waals surface area contributed by atoms with E-state index >= 15 is 0 Å². The van der Waals surface area contributed by atoms with Crippen LogP contribution in [0.1, 0.15) is 24.5 Å². The van der Waals surface area contributed by atoms with Gasteiger partial charge in [0.15, 0.2) is 5.96 Å². The third-order valence-corrected chi connectivity index (χ3v) is 5.23. The zero-order chi connectivity index (χ0) is 22.4. The van der Waals surface area contributed by atoms with Gasteiger partial charge in [0.2, 0.25) is 0 Å². The summed E-state index contributed by atoms with van der Waals surface area (Å²) in [4.78, 5) is 7.28. The SMILES string of the molecule is CCNC(=NCc1ccccc1CN1CCOCC1)Nc1cccc(OCCCOC)c1. The molecule has 2 N–H and O–H groups in total. The molecule has 3 rings (SSSR count). The fourth-order valence-corrected chi connectivity index (χ4v) is 3.53. The molecule has 0 spiro atoms. The van der Waals surface area contributed by atoms with Crippen LogP contribution in [-0.4, -0.2) is 64.0 Å². The van der Waals surface area contributed by atoms with Gasteiger partial charge in [-0.3, -0.25) is 4.90 Å². The molecule has 0 radical (unpaired) electrons. The lowest BCUT2D eigenvalue weighted by atomic mass is 10.1. The second-order valence-electron chi connectivity index (χ2n) is 7.70. The van der Waals surface area contributed by atoms with Crippen molar-refractivity contribution in [1.29, 1.82) is 0 Å². The minimum absolute atomic E-state index is 0.614. The smallest absolute Gasteiger partial charge is 0.196 e. The van der Waals surface area contributed by atoms with Crippen molar-refractivity contribution in [2.45, 2.75) is 26.4 Å².